The molecule has 2 aromatic rings. The molecule has 88 valence electrons. The Kier molecular flexibility index (Phi) is 1.90. The van der Waals surface area contributed by atoms with Crippen LogP contribution in [-0.2, 0) is 11.2 Å². The second-order valence-corrected chi connectivity index (χ2v) is 5.06. The molecule has 0 aromatic heterocycles. The number of carbonyl (C=O) groups is 1. The molecule has 0 saturated heterocycles. The maximum Gasteiger partial charge on any atom is 0.232 e. The number of hydrogen-bond donors (Lipinski definition) is 1. The van der Waals surface area contributed by atoms with Crippen molar-refractivity contribution >= 4 is 11.6 Å². The van der Waals surface area contributed by atoms with Crippen molar-refractivity contribution in [3.63, 3.8) is 0 Å². The van der Waals surface area contributed by atoms with Gasteiger partial charge in [-0.3, -0.25) is 4.79 Å². The Morgan fingerprint density at radius 2 is 1.67 bits per heavy atom. The quantitative estimate of drug-likeness (QED) is 0.747. The average molecular weight is 235 g/mol. The first-order valence-electron chi connectivity index (χ1n) is 6.32. The Hall–Kier alpha value is -2.09. The lowest BCUT2D eigenvalue weighted by Gasteiger charge is -2.28. The van der Waals surface area contributed by atoms with E-state index < -0.39 is 0 Å². The number of anilines is 1. The highest BCUT2D eigenvalue weighted by atomic mass is 16.2. The van der Waals surface area contributed by atoms with Gasteiger partial charge in [0.2, 0.25) is 5.91 Å². The van der Waals surface area contributed by atoms with Gasteiger partial charge in [0, 0.05) is 11.6 Å². The fourth-order valence-corrected chi connectivity index (χ4v) is 3.35. The average Bonchev–Trinajstić information content (AvgIpc) is 2.79. The molecule has 2 atom stereocenters. The molecule has 1 heterocycles. The largest absolute Gasteiger partial charge is 0.325 e. The zero-order valence-electron chi connectivity index (χ0n) is 9.89. The van der Waals surface area contributed by atoms with Crippen LogP contribution < -0.4 is 5.32 Å². The molecule has 0 fully saturated rings. The minimum Gasteiger partial charge on any atom is -0.325 e. The van der Waals surface area contributed by atoms with Crippen LogP contribution in [0.15, 0.2) is 48.5 Å². The molecule has 2 aromatic carbocycles. The Bertz CT molecular complexity index is 647. The van der Waals surface area contributed by atoms with E-state index in [9.17, 15) is 4.79 Å². The van der Waals surface area contributed by atoms with E-state index in [0.717, 1.165) is 12.1 Å². The van der Waals surface area contributed by atoms with Crippen molar-refractivity contribution in [2.45, 2.75) is 18.3 Å². The van der Waals surface area contributed by atoms with Crippen LogP contribution in [0.3, 0.4) is 0 Å². The maximum atomic E-state index is 12.3. The first-order chi connectivity index (χ1) is 8.84. The van der Waals surface area contributed by atoms with Crippen molar-refractivity contribution < 1.29 is 4.79 Å². The first kappa shape index (κ1) is 9.89. The third-order valence-corrected chi connectivity index (χ3v) is 4.13. The number of amides is 1. The minimum atomic E-state index is -0.00361. The van der Waals surface area contributed by atoms with E-state index in [2.05, 4.69) is 35.6 Å². The molecule has 18 heavy (non-hydrogen) atoms. The standard InChI is InChI=1S/C16H13NO/c18-16-15-11-6-2-1-5-10(11)9-13(15)12-7-3-4-8-14(12)17-16/h1-8,13,15H,9H2,(H,17,18)/t13-,15+/m0/s1. The highest BCUT2D eigenvalue weighted by Crippen LogP contribution is 2.48. The molecule has 0 unspecified atom stereocenters. The van der Waals surface area contributed by atoms with Crippen LogP contribution in [0.5, 0.6) is 0 Å². The Morgan fingerprint density at radius 3 is 2.56 bits per heavy atom. The number of para-hydroxylation sites is 1. The van der Waals surface area contributed by atoms with Gasteiger partial charge in [0.25, 0.3) is 0 Å². The molecule has 2 heteroatoms. The summed E-state index contributed by atoms with van der Waals surface area (Å²) in [6.45, 7) is 0. The first-order valence-corrected chi connectivity index (χ1v) is 6.32. The Morgan fingerprint density at radius 1 is 0.944 bits per heavy atom. The summed E-state index contributed by atoms with van der Waals surface area (Å²) < 4.78 is 0. The predicted octanol–water partition coefficient (Wildman–Crippen LogP) is 3.06. The monoisotopic (exact) mass is 235 g/mol. The van der Waals surface area contributed by atoms with Gasteiger partial charge in [0.05, 0.1) is 5.92 Å². The van der Waals surface area contributed by atoms with Crippen LogP contribution in [0.4, 0.5) is 5.69 Å². The van der Waals surface area contributed by atoms with Crippen molar-refractivity contribution in [3.8, 4) is 0 Å². The van der Waals surface area contributed by atoms with Gasteiger partial charge in [0.15, 0.2) is 0 Å². The number of hydrogen-bond acceptors (Lipinski definition) is 1. The summed E-state index contributed by atoms with van der Waals surface area (Å²) in [5.74, 6) is 0.451. The van der Waals surface area contributed by atoms with Gasteiger partial charge in [-0.25, -0.2) is 0 Å². The van der Waals surface area contributed by atoms with Crippen molar-refractivity contribution in [2.75, 3.05) is 5.32 Å². The van der Waals surface area contributed by atoms with Crippen LogP contribution >= 0.6 is 0 Å². The van der Waals surface area contributed by atoms with Crippen LogP contribution in [0, 0.1) is 0 Å². The molecule has 0 spiro atoms. The van der Waals surface area contributed by atoms with Crippen LogP contribution in [0.25, 0.3) is 0 Å². The Balaban J connectivity index is 1.91. The number of carbonyl (C=O) groups excluding carboxylic acids is 1. The normalized spacial score (nSPS) is 23.9. The topological polar surface area (TPSA) is 29.1 Å². The summed E-state index contributed by atoms with van der Waals surface area (Å²) in [6.07, 6.45) is 0.977. The zero-order chi connectivity index (χ0) is 12.1. The summed E-state index contributed by atoms with van der Waals surface area (Å²) >= 11 is 0. The summed E-state index contributed by atoms with van der Waals surface area (Å²) in [7, 11) is 0. The lowest BCUT2D eigenvalue weighted by atomic mass is 9.82. The summed E-state index contributed by atoms with van der Waals surface area (Å²) in [6, 6.07) is 16.5. The number of rotatable bonds is 0. The molecule has 1 N–H and O–H groups in total. The smallest absolute Gasteiger partial charge is 0.232 e. The molecule has 2 nitrogen and oxygen atoms in total. The van der Waals surface area contributed by atoms with E-state index >= 15 is 0 Å². The Labute approximate surface area is 106 Å². The van der Waals surface area contributed by atoms with E-state index in [-0.39, 0.29) is 11.8 Å². The third kappa shape index (κ3) is 1.20. The van der Waals surface area contributed by atoms with Crippen molar-refractivity contribution in [1.82, 2.24) is 0 Å². The second-order valence-electron chi connectivity index (χ2n) is 5.06. The minimum absolute atomic E-state index is 0.00361. The molecule has 4 rings (SSSR count). The third-order valence-electron chi connectivity index (χ3n) is 4.13. The SMILES string of the molecule is O=C1Nc2ccccc2[C@@H]2Cc3ccccc3[C@@H]12. The van der Waals surface area contributed by atoms with Crippen molar-refractivity contribution in [3.05, 3.63) is 65.2 Å². The van der Waals surface area contributed by atoms with Crippen molar-refractivity contribution in [2.24, 2.45) is 0 Å². The zero-order valence-corrected chi connectivity index (χ0v) is 9.89. The van der Waals surface area contributed by atoms with Gasteiger partial charge in [-0.05, 0) is 29.2 Å². The molecule has 0 radical (unpaired) electrons. The van der Waals surface area contributed by atoms with Gasteiger partial charge in [-0.2, -0.15) is 0 Å². The van der Waals surface area contributed by atoms with Gasteiger partial charge >= 0.3 is 0 Å². The number of nitrogens with one attached hydrogen (secondary N) is 1. The van der Waals surface area contributed by atoms with Gasteiger partial charge in [-0.1, -0.05) is 42.5 Å². The molecule has 0 bridgehead atoms. The lowest BCUT2D eigenvalue weighted by molar-refractivity contribution is -0.118. The highest BCUT2D eigenvalue weighted by molar-refractivity contribution is 6.00. The summed E-state index contributed by atoms with van der Waals surface area (Å²) in [4.78, 5) is 12.3. The van der Waals surface area contributed by atoms with E-state index in [4.69, 9.17) is 0 Å². The molecule has 1 aliphatic heterocycles. The van der Waals surface area contributed by atoms with E-state index in [1.165, 1.54) is 16.7 Å². The lowest BCUT2D eigenvalue weighted by Crippen LogP contribution is -2.29. The molecule has 1 amide bonds. The van der Waals surface area contributed by atoms with Gasteiger partial charge in [0.1, 0.15) is 0 Å². The van der Waals surface area contributed by atoms with Gasteiger partial charge in [-0.15, -0.1) is 0 Å². The van der Waals surface area contributed by atoms with E-state index in [0.29, 0.717) is 5.92 Å². The van der Waals surface area contributed by atoms with Crippen LogP contribution in [0.2, 0.25) is 0 Å². The van der Waals surface area contributed by atoms with Gasteiger partial charge < -0.3 is 5.32 Å². The van der Waals surface area contributed by atoms with Crippen LogP contribution in [-0.4, -0.2) is 5.91 Å². The number of fused-ring (bicyclic) bond motifs is 5. The van der Waals surface area contributed by atoms with E-state index in [1.54, 1.807) is 0 Å². The van der Waals surface area contributed by atoms with Crippen molar-refractivity contribution in [1.29, 1.82) is 0 Å². The predicted molar refractivity (Wildman–Crippen MR) is 70.7 cm³/mol. The van der Waals surface area contributed by atoms with E-state index in [1.807, 2.05) is 18.2 Å². The fraction of sp³-hybridized carbons (Fsp3) is 0.188. The molecule has 1 aliphatic carbocycles. The van der Waals surface area contributed by atoms with Crippen LogP contribution in [0.1, 0.15) is 28.5 Å². The fourth-order valence-electron chi connectivity index (χ4n) is 3.35. The highest BCUT2D eigenvalue weighted by Gasteiger charge is 2.42. The summed E-state index contributed by atoms with van der Waals surface area (Å²) in [5, 5.41) is 3.03. The molecule has 0 saturated carbocycles. The molecular formula is C16H13NO. The number of benzene rings is 2. The molecular weight excluding hydrogens is 222 g/mol. The second kappa shape index (κ2) is 3.45. The maximum absolute atomic E-state index is 12.3. The summed E-state index contributed by atoms with van der Waals surface area (Å²) in [5.41, 5.74) is 4.78. The molecule has 2 aliphatic rings.